The molecule has 0 aliphatic carbocycles. The maximum absolute atomic E-state index is 12.1. The first-order chi connectivity index (χ1) is 14.5. The Kier molecular flexibility index (Phi) is 6.09. The molecule has 4 rings (SSSR count). The number of esters is 1. The summed E-state index contributed by atoms with van der Waals surface area (Å²) in [5.74, 6) is 0.389. The van der Waals surface area contributed by atoms with Crippen LogP contribution >= 0.6 is 34.8 Å². The Morgan fingerprint density at radius 3 is 2.23 bits per heavy atom. The predicted molar refractivity (Wildman–Crippen MR) is 119 cm³/mol. The van der Waals surface area contributed by atoms with E-state index in [0.717, 1.165) is 11.1 Å². The monoisotopic (exact) mass is 457 g/mol. The van der Waals surface area contributed by atoms with Crippen LogP contribution < -0.4 is 4.74 Å². The fraction of sp³-hybridized carbons (Fsp3) is 0.0435. The van der Waals surface area contributed by atoms with Gasteiger partial charge in [-0.1, -0.05) is 53.0 Å². The topological polar surface area (TPSA) is 47.9 Å². The molecule has 30 heavy (non-hydrogen) atoms. The van der Waals surface area contributed by atoms with Gasteiger partial charge >= 0.3 is 5.97 Å². The third kappa shape index (κ3) is 4.68. The van der Waals surface area contributed by atoms with Crippen molar-refractivity contribution in [1.82, 2.24) is 0 Å². The van der Waals surface area contributed by atoms with Gasteiger partial charge in [0.25, 0.3) is 0 Å². The molecule has 3 aromatic carbocycles. The SMILES string of the molecule is O=C1OC(c2ccc(Cl)cc2)=N/C1=C/c1ccc(OCc2c(Cl)cccc2Cl)cc1. The fourth-order valence-electron chi connectivity index (χ4n) is 2.77. The molecule has 7 heteroatoms. The van der Waals surface area contributed by atoms with Crippen LogP contribution in [0.2, 0.25) is 15.1 Å². The summed E-state index contributed by atoms with van der Waals surface area (Å²) in [6.07, 6.45) is 1.65. The van der Waals surface area contributed by atoms with E-state index in [4.69, 9.17) is 44.3 Å². The Balaban J connectivity index is 1.47. The Labute approximate surface area is 188 Å². The van der Waals surface area contributed by atoms with Crippen molar-refractivity contribution in [3.8, 4) is 5.75 Å². The van der Waals surface area contributed by atoms with Gasteiger partial charge in [0.1, 0.15) is 12.4 Å². The second kappa shape index (κ2) is 8.92. The highest BCUT2D eigenvalue weighted by Crippen LogP contribution is 2.26. The molecule has 0 bridgehead atoms. The maximum Gasteiger partial charge on any atom is 0.363 e. The Morgan fingerprint density at radius 1 is 0.900 bits per heavy atom. The van der Waals surface area contributed by atoms with Crippen molar-refractivity contribution in [2.75, 3.05) is 0 Å². The van der Waals surface area contributed by atoms with Gasteiger partial charge in [0.2, 0.25) is 5.90 Å². The lowest BCUT2D eigenvalue weighted by molar-refractivity contribution is -0.129. The normalized spacial score (nSPS) is 14.6. The first-order valence-corrected chi connectivity index (χ1v) is 10.1. The smallest absolute Gasteiger partial charge is 0.363 e. The molecule has 1 heterocycles. The number of carbonyl (C=O) groups excluding carboxylic acids is 1. The quantitative estimate of drug-likeness (QED) is 0.321. The molecule has 1 aliphatic heterocycles. The van der Waals surface area contributed by atoms with E-state index in [0.29, 0.717) is 26.4 Å². The summed E-state index contributed by atoms with van der Waals surface area (Å²) in [5.41, 5.74) is 2.41. The van der Waals surface area contributed by atoms with E-state index in [9.17, 15) is 4.79 Å². The zero-order valence-corrected chi connectivity index (χ0v) is 17.7. The highest BCUT2D eigenvalue weighted by molar-refractivity contribution is 6.36. The van der Waals surface area contributed by atoms with Crippen molar-refractivity contribution in [3.63, 3.8) is 0 Å². The maximum atomic E-state index is 12.1. The third-order valence-corrected chi connectivity index (χ3v) is 5.30. The van der Waals surface area contributed by atoms with Gasteiger partial charge in [-0.15, -0.1) is 0 Å². The van der Waals surface area contributed by atoms with Crippen LogP contribution in [-0.4, -0.2) is 11.9 Å². The molecular formula is C23H14Cl3NO3. The number of hydrogen-bond donors (Lipinski definition) is 0. The molecule has 0 fully saturated rings. The zero-order valence-electron chi connectivity index (χ0n) is 15.4. The van der Waals surface area contributed by atoms with Crippen LogP contribution in [0.5, 0.6) is 5.75 Å². The van der Waals surface area contributed by atoms with Gasteiger partial charge in [-0.3, -0.25) is 0 Å². The standard InChI is InChI=1S/C23H14Cl3NO3/c24-16-8-6-15(7-9-16)22-27-21(23(28)30-22)12-14-4-10-17(11-5-14)29-13-18-19(25)2-1-3-20(18)26/h1-12H,13H2/b21-12+. The van der Waals surface area contributed by atoms with Gasteiger partial charge in [0.15, 0.2) is 5.70 Å². The van der Waals surface area contributed by atoms with Crippen molar-refractivity contribution in [2.24, 2.45) is 4.99 Å². The Morgan fingerprint density at radius 2 is 1.57 bits per heavy atom. The molecule has 0 spiro atoms. The van der Waals surface area contributed by atoms with Crippen LogP contribution in [0.25, 0.3) is 6.08 Å². The molecule has 0 unspecified atom stereocenters. The van der Waals surface area contributed by atoms with E-state index in [1.807, 2.05) is 12.1 Å². The molecule has 0 amide bonds. The molecule has 0 radical (unpaired) electrons. The summed E-state index contributed by atoms with van der Waals surface area (Å²) in [6, 6.07) is 19.4. The second-order valence-corrected chi connectivity index (χ2v) is 7.65. The van der Waals surface area contributed by atoms with Crippen molar-refractivity contribution < 1.29 is 14.3 Å². The number of nitrogens with zero attached hydrogens (tertiary/aromatic N) is 1. The number of hydrogen-bond acceptors (Lipinski definition) is 4. The minimum absolute atomic E-state index is 0.219. The number of carbonyl (C=O) groups is 1. The van der Waals surface area contributed by atoms with Crippen LogP contribution in [0, 0.1) is 0 Å². The summed E-state index contributed by atoms with van der Waals surface area (Å²) < 4.78 is 11.0. The van der Waals surface area contributed by atoms with Crippen LogP contribution in [0.15, 0.2) is 77.4 Å². The summed E-state index contributed by atoms with van der Waals surface area (Å²) >= 11 is 18.2. The van der Waals surface area contributed by atoms with E-state index >= 15 is 0 Å². The molecule has 0 saturated carbocycles. The van der Waals surface area contributed by atoms with Crippen LogP contribution in [0.4, 0.5) is 0 Å². The van der Waals surface area contributed by atoms with E-state index < -0.39 is 5.97 Å². The highest BCUT2D eigenvalue weighted by Gasteiger charge is 2.24. The van der Waals surface area contributed by atoms with E-state index in [1.165, 1.54) is 0 Å². The third-order valence-electron chi connectivity index (χ3n) is 4.34. The van der Waals surface area contributed by atoms with E-state index in [2.05, 4.69) is 4.99 Å². The Hall–Kier alpha value is -2.79. The highest BCUT2D eigenvalue weighted by atomic mass is 35.5. The molecule has 0 aromatic heterocycles. The number of cyclic esters (lactones) is 1. The molecule has 0 saturated heterocycles. The molecule has 150 valence electrons. The molecule has 3 aromatic rings. The summed E-state index contributed by atoms with van der Waals surface area (Å²) in [6.45, 7) is 0.250. The number of ether oxygens (including phenoxy) is 2. The Bertz CT molecular complexity index is 1130. The summed E-state index contributed by atoms with van der Waals surface area (Å²) in [5, 5.41) is 1.70. The summed E-state index contributed by atoms with van der Waals surface area (Å²) in [7, 11) is 0. The lowest BCUT2D eigenvalue weighted by Gasteiger charge is -2.09. The molecule has 1 aliphatic rings. The fourth-order valence-corrected chi connectivity index (χ4v) is 3.40. The molecular weight excluding hydrogens is 445 g/mol. The number of halogens is 3. The lowest BCUT2D eigenvalue weighted by atomic mass is 10.2. The minimum Gasteiger partial charge on any atom is -0.489 e. The van der Waals surface area contributed by atoms with Crippen LogP contribution in [0.1, 0.15) is 16.7 Å². The predicted octanol–water partition coefficient (Wildman–Crippen LogP) is 6.57. The first-order valence-electron chi connectivity index (χ1n) is 8.94. The van der Waals surface area contributed by atoms with Crippen molar-refractivity contribution in [3.05, 3.63) is 104 Å². The van der Waals surface area contributed by atoms with Crippen molar-refractivity contribution >= 4 is 52.7 Å². The van der Waals surface area contributed by atoms with Crippen LogP contribution in [-0.2, 0) is 16.1 Å². The molecule has 0 N–H and O–H groups in total. The summed E-state index contributed by atoms with van der Waals surface area (Å²) in [4.78, 5) is 16.4. The minimum atomic E-state index is -0.506. The van der Waals surface area contributed by atoms with Gasteiger partial charge in [0.05, 0.1) is 0 Å². The van der Waals surface area contributed by atoms with Gasteiger partial charge < -0.3 is 9.47 Å². The van der Waals surface area contributed by atoms with Crippen LogP contribution in [0.3, 0.4) is 0 Å². The van der Waals surface area contributed by atoms with Crippen molar-refractivity contribution in [2.45, 2.75) is 6.61 Å². The molecule has 4 nitrogen and oxygen atoms in total. The van der Waals surface area contributed by atoms with E-state index in [1.54, 1.807) is 60.7 Å². The average molecular weight is 459 g/mol. The lowest BCUT2D eigenvalue weighted by Crippen LogP contribution is -2.05. The van der Waals surface area contributed by atoms with Gasteiger partial charge in [0, 0.05) is 26.2 Å². The zero-order chi connectivity index (χ0) is 21.1. The average Bonchev–Trinajstić information content (AvgIpc) is 3.09. The van der Waals surface area contributed by atoms with Gasteiger partial charge in [-0.2, -0.15) is 0 Å². The number of rotatable bonds is 5. The van der Waals surface area contributed by atoms with Crippen molar-refractivity contribution in [1.29, 1.82) is 0 Å². The van der Waals surface area contributed by atoms with Gasteiger partial charge in [-0.25, -0.2) is 9.79 Å². The first kappa shape index (κ1) is 20.5. The number of benzene rings is 3. The number of aliphatic imine (C=N–C) groups is 1. The van der Waals surface area contributed by atoms with E-state index in [-0.39, 0.29) is 18.2 Å². The second-order valence-electron chi connectivity index (χ2n) is 6.40. The largest absolute Gasteiger partial charge is 0.489 e. The molecule has 0 atom stereocenters. The van der Waals surface area contributed by atoms with Gasteiger partial charge in [-0.05, 0) is 60.2 Å².